The van der Waals surface area contributed by atoms with E-state index in [1.807, 2.05) is 31.3 Å². The predicted molar refractivity (Wildman–Crippen MR) is 82.6 cm³/mol. The van der Waals surface area contributed by atoms with E-state index in [0.717, 1.165) is 12.0 Å². The average Bonchev–Trinajstić information content (AvgIpc) is 2.27. The van der Waals surface area contributed by atoms with Gasteiger partial charge in [0.05, 0.1) is 0 Å². The summed E-state index contributed by atoms with van der Waals surface area (Å²) in [4.78, 5) is 0. The second-order valence-electron chi connectivity index (χ2n) is 6.04. The molecule has 0 aliphatic rings. The molecule has 1 N–H and O–H groups in total. The number of hydrogen-bond acceptors (Lipinski definition) is 2. The van der Waals surface area contributed by atoms with Gasteiger partial charge in [-0.3, -0.25) is 0 Å². The van der Waals surface area contributed by atoms with Crippen molar-refractivity contribution in [3.8, 4) is 0 Å². The molecule has 0 bridgehead atoms. The van der Waals surface area contributed by atoms with E-state index in [9.17, 15) is 5.11 Å². The lowest BCUT2D eigenvalue weighted by molar-refractivity contribution is -0.0212. The second-order valence-corrected chi connectivity index (χ2v) is 8.09. The molecule has 0 heterocycles. The monoisotopic (exact) mass is 277 g/mol. The molecule has 0 aliphatic carbocycles. The van der Waals surface area contributed by atoms with Crippen molar-refractivity contribution in [1.82, 2.24) is 0 Å². The first-order chi connectivity index (χ1) is 8.75. The molecule has 2 nitrogen and oxygen atoms in total. The summed E-state index contributed by atoms with van der Waals surface area (Å²) in [6.07, 6.45) is 1.89. The first-order valence-electron chi connectivity index (χ1n) is 6.64. The van der Waals surface area contributed by atoms with Gasteiger partial charge in [0.1, 0.15) is 0 Å². The molecule has 0 saturated heterocycles. The van der Waals surface area contributed by atoms with Crippen molar-refractivity contribution in [3.63, 3.8) is 0 Å². The predicted octanol–water partition coefficient (Wildman–Crippen LogP) is 3.97. The summed E-state index contributed by atoms with van der Waals surface area (Å²) in [5.41, 5.74) is 3.43. The number of benzene rings is 1. The summed E-state index contributed by atoms with van der Waals surface area (Å²) in [6.45, 7) is 14.4. The largest absolute Gasteiger partial charge is 0.389 e. The lowest BCUT2D eigenvalue weighted by atomic mass is 9.82. The van der Waals surface area contributed by atoms with E-state index in [-0.39, 0.29) is 5.41 Å². The lowest BCUT2D eigenvalue weighted by Crippen LogP contribution is -2.17. The van der Waals surface area contributed by atoms with Crippen LogP contribution in [0.5, 0.6) is 0 Å². The van der Waals surface area contributed by atoms with Gasteiger partial charge in [0.25, 0.3) is 0 Å². The Balaban J connectivity index is 3.12. The summed E-state index contributed by atoms with van der Waals surface area (Å²) in [6, 6.07) is 6.10. The zero-order valence-electron chi connectivity index (χ0n) is 12.7. The van der Waals surface area contributed by atoms with E-state index < -0.39 is 15.3 Å². The molecule has 1 radical (unpaired) electrons. The Hall–Kier alpha value is -0.903. The van der Waals surface area contributed by atoms with Gasteiger partial charge in [-0.15, -0.1) is 6.58 Å². The van der Waals surface area contributed by atoms with Crippen LogP contribution >= 0.6 is 0 Å². The Morgan fingerprint density at radius 3 is 2.47 bits per heavy atom. The van der Waals surface area contributed by atoms with Crippen LogP contribution in [0.15, 0.2) is 30.9 Å². The zero-order chi connectivity index (χ0) is 14.6. The fourth-order valence-electron chi connectivity index (χ4n) is 2.11. The highest BCUT2D eigenvalue weighted by Gasteiger charge is 2.19. The molecule has 1 unspecified atom stereocenters. The van der Waals surface area contributed by atoms with E-state index in [4.69, 9.17) is 4.43 Å². The SMILES string of the molecule is C=CCc1cc(C(O)O[Si](C)C)ccc1C(C)(C)C. The third-order valence-corrected chi connectivity index (χ3v) is 3.63. The van der Waals surface area contributed by atoms with Crippen molar-refractivity contribution in [2.24, 2.45) is 0 Å². The van der Waals surface area contributed by atoms with Crippen molar-refractivity contribution < 1.29 is 9.53 Å². The molecular weight excluding hydrogens is 252 g/mol. The standard InChI is InChI=1S/C16H25O2Si/c1-7-8-12-11-13(15(17)18-19(5)6)9-10-14(12)16(2,3)4/h7,9-11,15,17H,1,8H2,2-6H3. The molecule has 1 atom stereocenters. The van der Waals surface area contributed by atoms with Crippen LogP contribution in [0.3, 0.4) is 0 Å². The molecule has 105 valence electrons. The van der Waals surface area contributed by atoms with Gasteiger partial charge >= 0.3 is 0 Å². The molecule has 0 saturated carbocycles. The third kappa shape index (κ3) is 4.60. The highest BCUT2D eigenvalue weighted by molar-refractivity contribution is 6.48. The van der Waals surface area contributed by atoms with Crippen LogP contribution in [-0.4, -0.2) is 14.1 Å². The molecule has 0 fully saturated rings. The summed E-state index contributed by atoms with van der Waals surface area (Å²) in [5, 5.41) is 10.1. The quantitative estimate of drug-likeness (QED) is 0.501. The van der Waals surface area contributed by atoms with Gasteiger partial charge in [-0.05, 0) is 36.1 Å². The van der Waals surface area contributed by atoms with E-state index in [0.29, 0.717) is 0 Å². The van der Waals surface area contributed by atoms with Crippen molar-refractivity contribution in [3.05, 3.63) is 47.5 Å². The first kappa shape index (κ1) is 16.2. The van der Waals surface area contributed by atoms with E-state index >= 15 is 0 Å². The van der Waals surface area contributed by atoms with Crippen LogP contribution in [0.4, 0.5) is 0 Å². The molecule has 0 spiro atoms. The minimum absolute atomic E-state index is 0.0904. The summed E-state index contributed by atoms with van der Waals surface area (Å²) >= 11 is 0. The van der Waals surface area contributed by atoms with Crippen molar-refractivity contribution in [2.45, 2.75) is 52.0 Å². The summed E-state index contributed by atoms with van der Waals surface area (Å²) in [7, 11) is -0.914. The zero-order valence-corrected chi connectivity index (χ0v) is 13.7. The highest BCUT2D eigenvalue weighted by atomic mass is 28.3. The Morgan fingerprint density at radius 1 is 1.37 bits per heavy atom. The highest BCUT2D eigenvalue weighted by Crippen LogP contribution is 2.29. The fraction of sp³-hybridized carbons (Fsp3) is 0.500. The number of allylic oxidation sites excluding steroid dienone is 1. The average molecular weight is 277 g/mol. The van der Waals surface area contributed by atoms with Gasteiger partial charge in [0, 0.05) is 5.56 Å². The Labute approximate surface area is 118 Å². The van der Waals surface area contributed by atoms with Crippen molar-refractivity contribution in [2.75, 3.05) is 0 Å². The molecular formula is C16H25O2Si. The molecule has 3 heteroatoms. The maximum Gasteiger partial charge on any atom is 0.208 e. The summed E-state index contributed by atoms with van der Waals surface area (Å²) in [5.74, 6) is 0. The van der Waals surface area contributed by atoms with Gasteiger partial charge in [0.2, 0.25) is 9.04 Å². The van der Waals surface area contributed by atoms with Crippen molar-refractivity contribution in [1.29, 1.82) is 0 Å². The molecule has 19 heavy (non-hydrogen) atoms. The summed E-state index contributed by atoms with van der Waals surface area (Å²) < 4.78 is 5.53. The number of aliphatic hydroxyl groups excluding tert-OH is 1. The van der Waals surface area contributed by atoms with Crippen LogP contribution in [0.25, 0.3) is 0 Å². The van der Waals surface area contributed by atoms with Crippen LogP contribution in [0, 0.1) is 0 Å². The Bertz CT molecular complexity index is 433. The normalized spacial score (nSPS) is 13.6. The maximum absolute atomic E-state index is 10.1. The van der Waals surface area contributed by atoms with Gasteiger partial charge < -0.3 is 9.53 Å². The second kappa shape index (κ2) is 6.50. The lowest BCUT2D eigenvalue weighted by Gasteiger charge is -2.24. The number of hydrogen-bond donors (Lipinski definition) is 1. The Morgan fingerprint density at radius 2 is 2.00 bits per heavy atom. The third-order valence-electron chi connectivity index (χ3n) is 2.93. The molecule has 1 rings (SSSR count). The minimum Gasteiger partial charge on any atom is -0.389 e. The maximum atomic E-state index is 10.1. The minimum atomic E-state index is -0.914. The molecule has 0 aliphatic heterocycles. The topological polar surface area (TPSA) is 29.5 Å². The van der Waals surface area contributed by atoms with Crippen molar-refractivity contribution >= 4 is 9.04 Å². The molecule has 1 aromatic carbocycles. The van der Waals surface area contributed by atoms with Crippen LogP contribution < -0.4 is 0 Å². The molecule has 1 aromatic rings. The van der Waals surface area contributed by atoms with E-state index in [1.165, 1.54) is 11.1 Å². The van der Waals surface area contributed by atoms with Gasteiger partial charge in [0.15, 0.2) is 6.29 Å². The molecule has 0 amide bonds. The number of rotatable bonds is 5. The first-order valence-corrected chi connectivity index (χ1v) is 9.05. The smallest absolute Gasteiger partial charge is 0.208 e. The van der Waals surface area contributed by atoms with Crippen LogP contribution in [-0.2, 0) is 16.3 Å². The van der Waals surface area contributed by atoms with E-state index in [1.54, 1.807) is 0 Å². The fourth-order valence-corrected chi connectivity index (χ4v) is 2.70. The van der Waals surface area contributed by atoms with Gasteiger partial charge in [-0.1, -0.05) is 45.0 Å². The van der Waals surface area contributed by atoms with E-state index in [2.05, 4.69) is 33.4 Å². The van der Waals surface area contributed by atoms with Gasteiger partial charge in [-0.2, -0.15) is 0 Å². The Kier molecular flexibility index (Phi) is 5.53. The van der Waals surface area contributed by atoms with Crippen LogP contribution in [0.1, 0.15) is 43.8 Å². The molecule has 0 aromatic heterocycles. The number of aliphatic hydroxyl groups is 1. The van der Waals surface area contributed by atoms with Gasteiger partial charge in [-0.25, -0.2) is 0 Å². The van der Waals surface area contributed by atoms with Crippen LogP contribution in [0.2, 0.25) is 13.1 Å².